The van der Waals surface area contributed by atoms with E-state index in [1.807, 2.05) is 6.92 Å². The Hall–Kier alpha value is -0.650. The first kappa shape index (κ1) is 34.2. The summed E-state index contributed by atoms with van der Waals surface area (Å²) in [6.45, 7) is 8.57. The zero-order valence-electron chi connectivity index (χ0n) is 24.7. The zero-order chi connectivity index (χ0) is 31.3. The van der Waals surface area contributed by atoms with Crippen LogP contribution in [0.15, 0.2) is 11.6 Å². The highest BCUT2D eigenvalue weighted by Crippen LogP contribution is 2.67. The highest BCUT2D eigenvalue weighted by Gasteiger charge is 2.61. The summed E-state index contributed by atoms with van der Waals surface area (Å²) in [6.07, 6.45) is 6.67. The van der Waals surface area contributed by atoms with Crippen molar-refractivity contribution in [3.63, 3.8) is 0 Å². The molecule has 0 spiro atoms. The molecule has 4 aliphatic carbocycles. The van der Waals surface area contributed by atoms with Crippen molar-refractivity contribution in [2.45, 2.75) is 104 Å². The quantitative estimate of drug-likeness (QED) is 0.192. The SMILES string of the molecule is CC(C)CCC[C@@H](COS(=O)(=O)O)[C@H]1CC[C@H]2[C@@H]3CC=C4C[C@H](OS(=O)(=O)O)[C@@H](OS(=O)(=O)O)C[C@]4(C)[C@H]3CC[C@]12C. The molecule has 4 rings (SSSR count). The molecule has 9 atom stereocenters. The number of fused-ring (bicyclic) bond motifs is 5. The summed E-state index contributed by atoms with van der Waals surface area (Å²) < 4.78 is 112. The van der Waals surface area contributed by atoms with Crippen LogP contribution in [-0.2, 0) is 43.7 Å². The molecule has 0 unspecified atom stereocenters. The van der Waals surface area contributed by atoms with Gasteiger partial charge in [0.05, 0.1) is 6.61 Å². The maximum absolute atomic E-state index is 11.7. The largest absolute Gasteiger partial charge is 0.397 e. The van der Waals surface area contributed by atoms with Crippen molar-refractivity contribution in [2.24, 2.45) is 46.3 Å². The minimum Gasteiger partial charge on any atom is -0.264 e. The third-order valence-corrected chi connectivity index (χ3v) is 12.4. The minimum atomic E-state index is -4.92. The van der Waals surface area contributed by atoms with E-state index in [1.165, 1.54) is 0 Å². The van der Waals surface area contributed by atoms with E-state index in [0.717, 1.165) is 56.9 Å². The lowest BCUT2D eigenvalue weighted by molar-refractivity contribution is -0.0817. The van der Waals surface area contributed by atoms with E-state index in [4.69, 9.17) is 12.5 Å². The second-order valence-electron chi connectivity index (χ2n) is 13.8. The Labute approximate surface area is 250 Å². The molecule has 244 valence electrons. The van der Waals surface area contributed by atoms with Gasteiger partial charge in [-0.2, -0.15) is 25.3 Å². The highest BCUT2D eigenvalue weighted by molar-refractivity contribution is 7.81. The van der Waals surface area contributed by atoms with Crippen LogP contribution in [0.4, 0.5) is 0 Å². The lowest BCUT2D eigenvalue weighted by Gasteiger charge is -2.59. The Morgan fingerprint density at radius 2 is 1.52 bits per heavy atom. The van der Waals surface area contributed by atoms with Crippen LogP contribution in [0, 0.1) is 46.3 Å². The van der Waals surface area contributed by atoms with Crippen LogP contribution < -0.4 is 0 Å². The maximum Gasteiger partial charge on any atom is 0.397 e. The predicted octanol–water partition coefficient (Wildman–Crippen LogP) is 4.81. The molecule has 0 bridgehead atoms. The molecule has 0 amide bonds. The van der Waals surface area contributed by atoms with Gasteiger partial charge in [-0.15, -0.1) is 0 Å². The fraction of sp³-hybridized carbons (Fsp3) is 0.926. The number of hydrogen-bond donors (Lipinski definition) is 3. The molecular formula is C27H46O12S3. The lowest BCUT2D eigenvalue weighted by atomic mass is 9.46. The highest BCUT2D eigenvalue weighted by atomic mass is 32.3. The van der Waals surface area contributed by atoms with Gasteiger partial charge in [0.15, 0.2) is 0 Å². The van der Waals surface area contributed by atoms with E-state index in [2.05, 4.69) is 26.8 Å². The van der Waals surface area contributed by atoms with Gasteiger partial charge in [-0.1, -0.05) is 52.2 Å². The van der Waals surface area contributed by atoms with Crippen molar-refractivity contribution in [3.8, 4) is 0 Å². The molecule has 0 aromatic heterocycles. The number of allylic oxidation sites excluding steroid dienone is 1. The number of rotatable bonds is 12. The molecule has 42 heavy (non-hydrogen) atoms. The van der Waals surface area contributed by atoms with Crippen molar-refractivity contribution < 1.29 is 51.5 Å². The topological polar surface area (TPSA) is 191 Å². The van der Waals surface area contributed by atoms with Crippen LogP contribution in [0.25, 0.3) is 0 Å². The van der Waals surface area contributed by atoms with Crippen LogP contribution in [0.3, 0.4) is 0 Å². The van der Waals surface area contributed by atoms with Gasteiger partial charge >= 0.3 is 31.2 Å². The van der Waals surface area contributed by atoms with E-state index in [9.17, 15) is 38.9 Å². The minimum absolute atomic E-state index is 0.0249. The van der Waals surface area contributed by atoms with Crippen molar-refractivity contribution in [1.29, 1.82) is 0 Å². The second kappa shape index (κ2) is 12.3. The molecule has 0 heterocycles. The Bertz CT molecular complexity index is 1340. The van der Waals surface area contributed by atoms with Gasteiger partial charge in [-0.3, -0.25) is 13.7 Å². The summed E-state index contributed by atoms with van der Waals surface area (Å²) in [6, 6.07) is 0. The Morgan fingerprint density at radius 3 is 2.12 bits per heavy atom. The molecule has 4 aliphatic rings. The monoisotopic (exact) mass is 658 g/mol. The lowest BCUT2D eigenvalue weighted by Crippen LogP contribution is -2.54. The number of hydrogen-bond acceptors (Lipinski definition) is 9. The van der Waals surface area contributed by atoms with Gasteiger partial charge in [0, 0.05) is 0 Å². The molecule has 12 nitrogen and oxygen atoms in total. The molecule has 3 fully saturated rings. The Morgan fingerprint density at radius 1 is 0.881 bits per heavy atom. The average molecular weight is 659 g/mol. The fourth-order valence-corrected chi connectivity index (χ4v) is 10.7. The van der Waals surface area contributed by atoms with E-state index < -0.39 is 48.8 Å². The standard InChI is InChI=1S/C27H46O12S3/c1-17(2)6-5-7-18(16-37-40(28,29)30)21-10-11-22-20-9-8-19-14-24(38-41(31,32)33)25(39-42(34,35)36)15-27(19,4)23(20)12-13-26(21,22)3/h8,17-18,20-25H,5-7,9-16H2,1-4H3,(H,28,29,30)(H,31,32,33)(H,34,35,36)/t18-,20-,21+,22-,23-,24-,25-,26+,27-/m0/s1. The van der Waals surface area contributed by atoms with Gasteiger partial charge in [-0.25, -0.2) is 12.5 Å². The van der Waals surface area contributed by atoms with E-state index in [1.54, 1.807) is 0 Å². The molecule has 15 heteroatoms. The summed E-state index contributed by atoms with van der Waals surface area (Å²) in [5.74, 6) is 1.43. The summed E-state index contributed by atoms with van der Waals surface area (Å²) >= 11 is 0. The third-order valence-electron chi connectivity index (χ3n) is 11.0. The van der Waals surface area contributed by atoms with Crippen molar-refractivity contribution >= 4 is 31.2 Å². The maximum atomic E-state index is 11.7. The van der Waals surface area contributed by atoms with E-state index in [-0.39, 0.29) is 48.5 Å². The zero-order valence-corrected chi connectivity index (χ0v) is 27.2. The third kappa shape index (κ3) is 7.76. The molecule has 3 saturated carbocycles. The molecule has 0 aromatic rings. The van der Waals surface area contributed by atoms with Crippen molar-refractivity contribution in [3.05, 3.63) is 11.6 Å². The second-order valence-corrected chi connectivity index (χ2v) is 17.0. The Kier molecular flexibility index (Phi) is 10.0. The fourth-order valence-electron chi connectivity index (χ4n) is 9.34. The van der Waals surface area contributed by atoms with Gasteiger partial charge in [0.25, 0.3) is 0 Å². The van der Waals surface area contributed by atoms with E-state index >= 15 is 0 Å². The van der Waals surface area contributed by atoms with Gasteiger partial charge in [-0.05, 0) is 97.7 Å². The Balaban J connectivity index is 1.59. The predicted molar refractivity (Wildman–Crippen MR) is 153 cm³/mol. The van der Waals surface area contributed by atoms with Crippen LogP contribution in [0.1, 0.15) is 91.9 Å². The first-order valence-electron chi connectivity index (χ1n) is 14.8. The summed E-state index contributed by atoms with van der Waals surface area (Å²) in [4.78, 5) is 0. The molecule has 0 saturated heterocycles. The van der Waals surface area contributed by atoms with Gasteiger partial charge < -0.3 is 0 Å². The first-order chi connectivity index (χ1) is 19.2. The van der Waals surface area contributed by atoms with Crippen LogP contribution >= 0.6 is 0 Å². The first-order valence-corrected chi connectivity index (χ1v) is 18.9. The van der Waals surface area contributed by atoms with E-state index in [0.29, 0.717) is 11.8 Å². The average Bonchev–Trinajstić information content (AvgIpc) is 3.16. The van der Waals surface area contributed by atoms with Gasteiger partial charge in [0.1, 0.15) is 12.2 Å². The smallest absolute Gasteiger partial charge is 0.264 e. The molecule has 0 radical (unpaired) electrons. The van der Waals surface area contributed by atoms with Crippen molar-refractivity contribution in [1.82, 2.24) is 0 Å². The van der Waals surface area contributed by atoms with Gasteiger partial charge in [0.2, 0.25) is 0 Å². The van der Waals surface area contributed by atoms with Crippen LogP contribution in [0.5, 0.6) is 0 Å². The summed E-state index contributed by atoms with van der Waals surface area (Å²) in [5.41, 5.74) is 0.310. The normalized spacial score (nSPS) is 38.0. The van der Waals surface area contributed by atoms with Crippen LogP contribution in [0.2, 0.25) is 0 Å². The van der Waals surface area contributed by atoms with Crippen LogP contribution in [-0.4, -0.2) is 57.7 Å². The molecule has 3 N–H and O–H groups in total. The molecular weight excluding hydrogens is 612 g/mol. The molecule has 0 aliphatic heterocycles. The summed E-state index contributed by atoms with van der Waals surface area (Å²) in [7, 11) is -14.4. The molecule has 0 aromatic carbocycles. The summed E-state index contributed by atoms with van der Waals surface area (Å²) in [5, 5.41) is 0. The van der Waals surface area contributed by atoms with Crippen molar-refractivity contribution in [2.75, 3.05) is 6.61 Å².